The molecule has 4 nitrogen and oxygen atoms in total. The second-order valence-electron chi connectivity index (χ2n) is 4.68. The standard InChI is InChI=1S/C13H16F3N3O/c14-13(15,16)10-5-2-1-4-9(10)11-8-19(7-3-6-17)12(20)18-11/h1-2,4-5,11H,3,6-8,17H2,(H,18,20). The van der Waals surface area contributed by atoms with E-state index in [1.54, 1.807) is 6.07 Å². The minimum atomic E-state index is -4.42. The molecule has 1 unspecified atom stereocenters. The van der Waals surface area contributed by atoms with E-state index in [2.05, 4.69) is 5.32 Å². The molecule has 1 aromatic carbocycles. The fourth-order valence-corrected chi connectivity index (χ4v) is 2.30. The summed E-state index contributed by atoms with van der Waals surface area (Å²) in [5.41, 5.74) is 4.77. The van der Waals surface area contributed by atoms with E-state index in [9.17, 15) is 18.0 Å². The van der Waals surface area contributed by atoms with Crippen LogP contribution in [0, 0.1) is 0 Å². The lowest BCUT2D eigenvalue weighted by molar-refractivity contribution is -0.138. The first-order valence-corrected chi connectivity index (χ1v) is 6.35. The fourth-order valence-electron chi connectivity index (χ4n) is 2.30. The largest absolute Gasteiger partial charge is 0.416 e. The Morgan fingerprint density at radius 3 is 2.70 bits per heavy atom. The third kappa shape index (κ3) is 3.04. The van der Waals surface area contributed by atoms with Crippen LogP contribution in [0.4, 0.5) is 18.0 Å². The minimum Gasteiger partial charge on any atom is -0.330 e. The normalized spacial score (nSPS) is 19.3. The van der Waals surface area contributed by atoms with E-state index in [-0.39, 0.29) is 18.1 Å². The summed E-state index contributed by atoms with van der Waals surface area (Å²) in [4.78, 5) is 13.2. The van der Waals surface area contributed by atoms with E-state index in [1.807, 2.05) is 0 Å². The minimum absolute atomic E-state index is 0.101. The van der Waals surface area contributed by atoms with Crippen molar-refractivity contribution < 1.29 is 18.0 Å². The van der Waals surface area contributed by atoms with Crippen molar-refractivity contribution in [3.05, 3.63) is 35.4 Å². The Morgan fingerprint density at radius 1 is 1.35 bits per heavy atom. The molecule has 1 aliphatic heterocycles. The first-order chi connectivity index (χ1) is 9.43. The lowest BCUT2D eigenvalue weighted by Crippen LogP contribution is -2.30. The second kappa shape index (κ2) is 5.70. The number of alkyl halides is 3. The van der Waals surface area contributed by atoms with Crippen LogP contribution >= 0.6 is 0 Å². The fraction of sp³-hybridized carbons (Fsp3) is 0.462. The number of carbonyl (C=O) groups excluding carboxylic acids is 1. The quantitative estimate of drug-likeness (QED) is 0.891. The van der Waals surface area contributed by atoms with Gasteiger partial charge in [-0.1, -0.05) is 18.2 Å². The van der Waals surface area contributed by atoms with E-state index in [0.717, 1.165) is 6.07 Å². The molecule has 1 fully saturated rings. The maximum Gasteiger partial charge on any atom is 0.416 e. The van der Waals surface area contributed by atoms with Gasteiger partial charge in [0, 0.05) is 13.1 Å². The zero-order valence-corrected chi connectivity index (χ0v) is 10.8. The molecule has 0 saturated carbocycles. The van der Waals surface area contributed by atoms with E-state index in [4.69, 9.17) is 5.73 Å². The number of hydrogen-bond acceptors (Lipinski definition) is 2. The van der Waals surface area contributed by atoms with Crippen molar-refractivity contribution in [2.75, 3.05) is 19.6 Å². The van der Waals surface area contributed by atoms with E-state index < -0.39 is 17.8 Å². The Bertz CT molecular complexity index is 490. The molecule has 0 spiro atoms. The number of nitrogens with one attached hydrogen (secondary N) is 1. The summed E-state index contributed by atoms with van der Waals surface area (Å²) in [5.74, 6) is 0. The lowest BCUT2D eigenvalue weighted by Gasteiger charge is -2.17. The molecule has 2 rings (SSSR count). The number of benzene rings is 1. The van der Waals surface area contributed by atoms with Crippen molar-refractivity contribution in [3.63, 3.8) is 0 Å². The van der Waals surface area contributed by atoms with Gasteiger partial charge in [-0.15, -0.1) is 0 Å². The smallest absolute Gasteiger partial charge is 0.330 e. The molecule has 0 bridgehead atoms. The number of urea groups is 1. The Balaban J connectivity index is 2.20. The average Bonchev–Trinajstić information content (AvgIpc) is 2.77. The number of rotatable bonds is 4. The van der Waals surface area contributed by atoms with Gasteiger partial charge in [0.15, 0.2) is 0 Å². The molecule has 3 N–H and O–H groups in total. The molecule has 0 radical (unpaired) electrons. The van der Waals surface area contributed by atoms with Crippen LogP contribution in [0.3, 0.4) is 0 Å². The number of hydrogen-bond donors (Lipinski definition) is 2. The molecular weight excluding hydrogens is 271 g/mol. The monoisotopic (exact) mass is 287 g/mol. The molecule has 0 aromatic heterocycles. The maximum atomic E-state index is 13.0. The van der Waals surface area contributed by atoms with Gasteiger partial charge < -0.3 is 16.0 Å². The van der Waals surface area contributed by atoms with Gasteiger partial charge in [-0.3, -0.25) is 0 Å². The number of amides is 2. The Morgan fingerprint density at radius 2 is 2.05 bits per heavy atom. The Labute approximate surface area is 114 Å². The van der Waals surface area contributed by atoms with Gasteiger partial charge >= 0.3 is 12.2 Å². The highest BCUT2D eigenvalue weighted by molar-refractivity contribution is 5.77. The predicted molar refractivity (Wildman–Crippen MR) is 68.0 cm³/mol. The van der Waals surface area contributed by atoms with E-state index in [0.29, 0.717) is 19.5 Å². The maximum absolute atomic E-state index is 13.0. The average molecular weight is 287 g/mol. The van der Waals surface area contributed by atoms with Crippen molar-refractivity contribution in [3.8, 4) is 0 Å². The first-order valence-electron chi connectivity index (χ1n) is 6.35. The molecular formula is C13H16F3N3O. The van der Waals surface area contributed by atoms with Crippen LogP contribution in [0.1, 0.15) is 23.6 Å². The summed E-state index contributed by atoms with van der Waals surface area (Å²) >= 11 is 0. The number of nitrogens with two attached hydrogens (primary N) is 1. The van der Waals surface area contributed by atoms with Gasteiger partial charge in [-0.05, 0) is 24.6 Å². The van der Waals surface area contributed by atoms with Gasteiger partial charge in [0.05, 0.1) is 11.6 Å². The molecule has 1 heterocycles. The van der Waals surface area contributed by atoms with Crippen LogP contribution in [-0.4, -0.2) is 30.6 Å². The highest BCUT2D eigenvalue weighted by atomic mass is 19.4. The molecule has 110 valence electrons. The topological polar surface area (TPSA) is 58.4 Å². The summed E-state index contributed by atoms with van der Waals surface area (Å²) < 4.78 is 38.9. The molecule has 0 aliphatic carbocycles. The van der Waals surface area contributed by atoms with Crippen LogP contribution in [-0.2, 0) is 6.18 Å². The van der Waals surface area contributed by atoms with Gasteiger partial charge in [-0.25, -0.2) is 4.79 Å². The predicted octanol–water partition coefficient (Wildman–Crippen LogP) is 2.12. The van der Waals surface area contributed by atoms with Crippen LogP contribution in [0.2, 0.25) is 0 Å². The molecule has 1 saturated heterocycles. The number of halogens is 3. The van der Waals surface area contributed by atoms with Gasteiger partial charge in [0.1, 0.15) is 0 Å². The van der Waals surface area contributed by atoms with Crippen LogP contribution in [0.25, 0.3) is 0 Å². The van der Waals surface area contributed by atoms with Crippen LogP contribution in [0.5, 0.6) is 0 Å². The molecule has 7 heteroatoms. The number of nitrogens with zero attached hydrogens (tertiary/aromatic N) is 1. The number of carbonyl (C=O) groups is 1. The van der Waals surface area contributed by atoms with Crippen molar-refractivity contribution >= 4 is 6.03 Å². The third-order valence-electron chi connectivity index (χ3n) is 3.26. The first kappa shape index (κ1) is 14.6. The van der Waals surface area contributed by atoms with Crippen molar-refractivity contribution in [1.82, 2.24) is 10.2 Å². The zero-order valence-electron chi connectivity index (χ0n) is 10.8. The van der Waals surface area contributed by atoms with Gasteiger partial charge in [0.2, 0.25) is 0 Å². The molecule has 20 heavy (non-hydrogen) atoms. The summed E-state index contributed by atoms with van der Waals surface area (Å²) in [7, 11) is 0. The summed E-state index contributed by atoms with van der Waals surface area (Å²) in [5, 5.41) is 2.59. The van der Waals surface area contributed by atoms with Crippen LogP contribution in [0.15, 0.2) is 24.3 Å². The van der Waals surface area contributed by atoms with E-state index >= 15 is 0 Å². The SMILES string of the molecule is NCCCN1CC(c2ccccc2C(F)(F)F)NC1=O. The Hall–Kier alpha value is -1.76. The molecule has 1 aliphatic rings. The van der Waals surface area contributed by atoms with E-state index in [1.165, 1.54) is 17.0 Å². The van der Waals surface area contributed by atoms with Gasteiger partial charge in [-0.2, -0.15) is 13.2 Å². The highest BCUT2D eigenvalue weighted by Gasteiger charge is 2.38. The van der Waals surface area contributed by atoms with Crippen molar-refractivity contribution in [1.29, 1.82) is 0 Å². The summed E-state index contributed by atoms with van der Waals surface area (Å²) in [6, 6.07) is 4.33. The van der Waals surface area contributed by atoms with Gasteiger partial charge in [0.25, 0.3) is 0 Å². The Kier molecular flexibility index (Phi) is 4.17. The van der Waals surface area contributed by atoms with Crippen molar-refractivity contribution in [2.45, 2.75) is 18.6 Å². The molecule has 1 atom stereocenters. The van der Waals surface area contributed by atoms with Crippen LogP contribution < -0.4 is 11.1 Å². The molecule has 2 amide bonds. The second-order valence-corrected chi connectivity index (χ2v) is 4.68. The molecule has 1 aromatic rings. The zero-order chi connectivity index (χ0) is 14.8. The third-order valence-corrected chi connectivity index (χ3v) is 3.26. The lowest BCUT2D eigenvalue weighted by atomic mass is 10.0. The summed E-state index contributed by atoms with van der Waals surface area (Å²) in [6.45, 7) is 1.12. The summed E-state index contributed by atoms with van der Waals surface area (Å²) in [6.07, 6.45) is -3.80. The van der Waals surface area contributed by atoms with Crippen molar-refractivity contribution in [2.24, 2.45) is 5.73 Å². The highest BCUT2D eigenvalue weighted by Crippen LogP contribution is 2.35.